The van der Waals surface area contributed by atoms with Crippen LogP contribution in [0.15, 0.2) is 16.6 Å². The predicted molar refractivity (Wildman–Crippen MR) is 84.4 cm³/mol. The molecule has 0 aromatic heterocycles. The molecule has 0 fully saturated rings. The second-order valence-electron chi connectivity index (χ2n) is 2.60. The van der Waals surface area contributed by atoms with Gasteiger partial charge in [-0.25, -0.2) is 0 Å². The summed E-state index contributed by atoms with van der Waals surface area (Å²) in [4.78, 5) is 0. The molecule has 0 amide bonds. The molecule has 1 aromatic rings. The first-order valence-corrected chi connectivity index (χ1v) is 8.08. The standard InChI is InChI=1S/C8H8BrCl2O3PS.Sn.4H/c1-12-15(16,13-2)14-8-4-6(10)5(9)3-7(8)11;;;;;/h3-4H,1-2H3;;;;;. The van der Waals surface area contributed by atoms with Crippen molar-refractivity contribution in [1.82, 2.24) is 0 Å². The van der Waals surface area contributed by atoms with E-state index in [4.69, 9.17) is 48.6 Å². The fraction of sp³-hybridized carbons (Fsp3) is 0.250. The molecule has 1 rings (SSSR count). The van der Waals surface area contributed by atoms with Gasteiger partial charge in [0.15, 0.2) is 0 Å². The van der Waals surface area contributed by atoms with Gasteiger partial charge in [-0.3, -0.25) is 0 Å². The minimum atomic E-state index is -2.79. The van der Waals surface area contributed by atoms with E-state index < -0.39 is 6.72 Å². The Morgan fingerprint density at radius 3 is 2.18 bits per heavy atom. The van der Waals surface area contributed by atoms with Crippen molar-refractivity contribution >= 4 is 81.6 Å². The summed E-state index contributed by atoms with van der Waals surface area (Å²) in [6, 6.07) is 3.16. The van der Waals surface area contributed by atoms with E-state index in [0.717, 1.165) is 0 Å². The summed E-state index contributed by atoms with van der Waals surface area (Å²) in [6.07, 6.45) is 0. The van der Waals surface area contributed by atoms with E-state index in [2.05, 4.69) is 15.9 Å². The monoisotopic (exact) mass is 488 g/mol. The van der Waals surface area contributed by atoms with Crippen LogP contribution >= 0.6 is 45.9 Å². The molecule has 0 saturated heterocycles. The SMILES string of the molecule is COP(=S)(OC)Oc1cc(Cl)c(Br)cc1Cl.[SnH4]. The molecule has 0 saturated carbocycles. The molecule has 17 heavy (non-hydrogen) atoms. The molecular weight excluding hydrogens is 477 g/mol. The van der Waals surface area contributed by atoms with Crippen molar-refractivity contribution < 1.29 is 13.6 Å². The van der Waals surface area contributed by atoms with Crippen molar-refractivity contribution in [2.24, 2.45) is 0 Å². The van der Waals surface area contributed by atoms with E-state index in [-0.39, 0.29) is 23.9 Å². The Morgan fingerprint density at radius 1 is 1.18 bits per heavy atom. The molecule has 0 spiro atoms. The van der Waals surface area contributed by atoms with Gasteiger partial charge in [0.25, 0.3) is 0 Å². The van der Waals surface area contributed by atoms with E-state index in [9.17, 15) is 0 Å². The van der Waals surface area contributed by atoms with Crippen LogP contribution in [0.4, 0.5) is 0 Å². The van der Waals surface area contributed by atoms with Crippen LogP contribution in [0.1, 0.15) is 0 Å². The van der Waals surface area contributed by atoms with E-state index in [1.165, 1.54) is 14.2 Å². The molecule has 9 heteroatoms. The number of benzene rings is 1. The van der Waals surface area contributed by atoms with Gasteiger partial charge in [-0.15, -0.1) is 0 Å². The Hall–Kier alpha value is 1.45. The Bertz CT molecular complexity index is 441. The molecule has 3 nitrogen and oxygen atoms in total. The van der Waals surface area contributed by atoms with Crippen LogP contribution in [0, 0.1) is 0 Å². The zero-order chi connectivity index (χ0) is 12.3. The zero-order valence-corrected chi connectivity index (χ0v) is 13.2. The summed E-state index contributed by atoms with van der Waals surface area (Å²) in [6.45, 7) is -2.79. The molecule has 0 unspecified atom stereocenters. The van der Waals surface area contributed by atoms with Crippen LogP contribution in [0.25, 0.3) is 0 Å². The zero-order valence-electron chi connectivity index (χ0n) is 8.37. The third kappa shape index (κ3) is 5.15. The van der Waals surface area contributed by atoms with Gasteiger partial charge in [0, 0.05) is 36.6 Å². The van der Waals surface area contributed by atoms with Crippen molar-refractivity contribution in [3.05, 3.63) is 26.7 Å². The van der Waals surface area contributed by atoms with E-state index >= 15 is 0 Å². The summed E-state index contributed by atoms with van der Waals surface area (Å²) < 4.78 is 16.1. The number of halogens is 3. The van der Waals surface area contributed by atoms with Gasteiger partial charge in [-0.05, 0) is 22.0 Å². The van der Waals surface area contributed by atoms with Gasteiger partial charge in [0.05, 0.1) is 10.0 Å². The van der Waals surface area contributed by atoms with Crippen LogP contribution in [0.2, 0.25) is 10.0 Å². The van der Waals surface area contributed by atoms with Crippen LogP contribution in [0.5, 0.6) is 5.75 Å². The number of rotatable bonds is 4. The summed E-state index contributed by atoms with van der Waals surface area (Å²) in [7, 11) is 2.83. The fourth-order valence-electron chi connectivity index (χ4n) is 0.844. The van der Waals surface area contributed by atoms with Crippen LogP contribution < -0.4 is 4.52 Å². The minimum absolute atomic E-state index is 0. The average Bonchev–Trinajstić information content (AvgIpc) is 2.25. The molecule has 1 aromatic carbocycles. The Kier molecular flexibility index (Phi) is 8.57. The molecule has 0 atom stereocenters. The summed E-state index contributed by atoms with van der Waals surface area (Å²) in [5.41, 5.74) is 0. The quantitative estimate of drug-likeness (QED) is 0.370. The maximum absolute atomic E-state index is 5.97. The Morgan fingerprint density at radius 2 is 1.71 bits per heavy atom. The third-order valence-corrected chi connectivity index (χ3v) is 5.56. The molecule has 0 aliphatic rings. The first-order valence-electron chi connectivity index (χ1n) is 3.97. The van der Waals surface area contributed by atoms with Gasteiger partial charge in [-0.2, -0.15) is 0 Å². The molecule has 0 heterocycles. The van der Waals surface area contributed by atoms with E-state index in [1.807, 2.05) is 0 Å². The maximum atomic E-state index is 5.97. The first-order chi connectivity index (χ1) is 7.41. The van der Waals surface area contributed by atoms with Crippen molar-refractivity contribution in [3.8, 4) is 5.75 Å². The van der Waals surface area contributed by atoms with Gasteiger partial charge < -0.3 is 13.6 Å². The number of hydrogen-bond acceptors (Lipinski definition) is 4. The molecular formula is C8H12BrCl2O3PSSn. The van der Waals surface area contributed by atoms with Crippen LogP contribution in [-0.4, -0.2) is 38.1 Å². The average molecular weight is 489 g/mol. The normalized spacial score (nSPS) is 10.9. The summed E-state index contributed by atoms with van der Waals surface area (Å²) in [5.74, 6) is 0.335. The molecule has 0 bridgehead atoms. The first kappa shape index (κ1) is 18.4. The van der Waals surface area contributed by atoms with Gasteiger partial charge in [-0.1, -0.05) is 23.2 Å². The summed E-state index contributed by atoms with van der Waals surface area (Å²) in [5, 5.41) is 0.841. The number of hydrogen-bond donors (Lipinski definition) is 0. The Labute approximate surface area is 140 Å². The molecule has 0 N–H and O–H groups in total. The fourth-order valence-corrected chi connectivity index (χ4v) is 2.66. The van der Waals surface area contributed by atoms with Gasteiger partial charge in [0.2, 0.25) is 0 Å². The third-order valence-electron chi connectivity index (χ3n) is 1.63. The van der Waals surface area contributed by atoms with Gasteiger partial charge in [0.1, 0.15) is 5.75 Å². The van der Waals surface area contributed by atoms with Crippen molar-refractivity contribution in [2.45, 2.75) is 0 Å². The molecule has 0 aliphatic heterocycles. The van der Waals surface area contributed by atoms with E-state index in [0.29, 0.717) is 20.3 Å². The van der Waals surface area contributed by atoms with Crippen LogP contribution in [-0.2, 0) is 20.9 Å². The van der Waals surface area contributed by atoms with Crippen molar-refractivity contribution in [2.75, 3.05) is 14.2 Å². The second-order valence-corrected chi connectivity index (χ2v) is 7.42. The van der Waals surface area contributed by atoms with Crippen molar-refractivity contribution in [1.29, 1.82) is 0 Å². The van der Waals surface area contributed by atoms with Gasteiger partial charge >= 0.3 is 30.6 Å². The summed E-state index contributed by atoms with van der Waals surface area (Å²) >= 11 is 20.2. The van der Waals surface area contributed by atoms with Crippen molar-refractivity contribution in [3.63, 3.8) is 0 Å². The Balaban J connectivity index is 0.00000256. The predicted octanol–water partition coefficient (Wildman–Crippen LogP) is 3.20. The van der Waals surface area contributed by atoms with E-state index in [1.54, 1.807) is 12.1 Å². The van der Waals surface area contributed by atoms with Crippen LogP contribution in [0.3, 0.4) is 0 Å². The molecule has 0 radical (unpaired) electrons. The molecule has 98 valence electrons. The topological polar surface area (TPSA) is 27.7 Å². The molecule has 0 aliphatic carbocycles. The second kappa shape index (κ2) is 7.90.